The predicted molar refractivity (Wildman–Crippen MR) is 46.6 cm³/mol. The smallest absolute Gasteiger partial charge is 0.308 e. The van der Waals surface area contributed by atoms with E-state index in [1.165, 1.54) is 13.0 Å². The van der Waals surface area contributed by atoms with E-state index in [-0.39, 0.29) is 0 Å². The van der Waals surface area contributed by atoms with Gasteiger partial charge in [-0.1, -0.05) is 0 Å². The predicted octanol–water partition coefficient (Wildman–Crippen LogP) is 0.776. The Labute approximate surface area is 70.1 Å². The Balaban J connectivity index is 2.93. The van der Waals surface area contributed by atoms with Crippen LogP contribution in [0.3, 0.4) is 0 Å². The van der Waals surface area contributed by atoms with Gasteiger partial charge in [-0.15, -0.1) is 0 Å². The van der Waals surface area contributed by atoms with Crippen LogP contribution >= 0.6 is 0 Å². The molecule has 12 heavy (non-hydrogen) atoms. The molecule has 1 rings (SSSR count). The Bertz CT molecular complexity index is 310. The van der Waals surface area contributed by atoms with Crippen molar-refractivity contribution >= 4 is 17.3 Å². The Hall–Kier alpha value is -1.71. The zero-order valence-corrected chi connectivity index (χ0v) is 6.70. The molecule has 0 radical (unpaired) electrons. The van der Waals surface area contributed by atoms with Crippen molar-refractivity contribution in [3.63, 3.8) is 0 Å². The molecule has 4 N–H and O–H groups in total. The lowest BCUT2D eigenvalue weighted by atomic mass is 10.2. The second-order valence-electron chi connectivity index (χ2n) is 2.39. The van der Waals surface area contributed by atoms with E-state index >= 15 is 0 Å². The topological polar surface area (TPSA) is 78.3 Å². The van der Waals surface area contributed by atoms with Crippen LogP contribution in [0.2, 0.25) is 0 Å². The molecule has 0 unspecified atom stereocenters. The number of hydrogen-bond acceptors (Lipinski definition) is 4. The first-order valence-corrected chi connectivity index (χ1v) is 3.43. The highest BCUT2D eigenvalue weighted by molar-refractivity contribution is 5.73. The first kappa shape index (κ1) is 8.39. The van der Waals surface area contributed by atoms with Crippen molar-refractivity contribution in [1.29, 1.82) is 0 Å². The highest BCUT2D eigenvalue weighted by Gasteiger charge is 2.02. The summed E-state index contributed by atoms with van der Waals surface area (Å²) in [6.07, 6.45) is 0. The highest BCUT2D eigenvalue weighted by atomic mass is 16.5. The number of ether oxygens (including phenoxy) is 1. The minimum absolute atomic E-state index is 0.344. The number of carbonyl (C=O) groups is 1. The lowest BCUT2D eigenvalue weighted by Gasteiger charge is -2.04. The van der Waals surface area contributed by atoms with Gasteiger partial charge in [0.1, 0.15) is 0 Å². The fourth-order valence-electron chi connectivity index (χ4n) is 0.815. The molecule has 0 aliphatic rings. The number of carbonyl (C=O) groups excluding carboxylic acids is 1. The van der Waals surface area contributed by atoms with Crippen molar-refractivity contribution in [3.8, 4) is 5.75 Å². The van der Waals surface area contributed by atoms with Crippen molar-refractivity contribution < 1.29 is 9.53 Å². The van der Waals surface area contributed by atoms with Crippen LogP contribution in [0.1, 0.15) is 6.92 Å². The molecule has 0 amide bonds. The molecule has 0 bridgehead atoms. The van der Waals surface area contributed by atoms with Gasteiger partial charge in [0, 0.05) is 12.6 Å². The summed E-state index contributed by atoms with van der Waals surface area (Å²) in [7, 11) is 0. The summed E-state index contributed by atoms with van der Waals surface area (Å²) in [6, 6.07) is 4.72. The first-order valence-electron chi connectivity index (χ1n) is 3.43. The Morgan fingerprint density at radius 1 is 1.42 bits per heavy atom. The minimum atomic E-state index is -0.397. The number of nitrogens with two attached hydrogens (primary N) is 2. The van der Waals surface area contributed by atoms with E-state index < -0.39 is 5.97 Å². The molecule has 0 aliphatic carbocycles. The van der Waals surface area contributed by atoms with E-state index in [1.807, 2.05) is 0 Å². The third-order valence-electron chi connectivity index (χ3n) is 1.29. The third kappa shape index (κ3) is 1.88. The van der Waals surface area contributed by atoms with Gasteiger partial charge in [0.25, 0.3) is 0 Å². The van der Waals surface area contributed by atoms with Crippen LogP contribution in [-0.4, -0.2) is 5.97 Å². The molecule has 1 aromatic carbocycles. The summed E-state index contributed by atoms with van der Waals surface area (Å²) in [5.41, 5.74) is 11.9. The average molecular weight is 166 g/mol. The maximum atomic E-state index is 10.5. The highest BCUT2D eigenvalue weighted by Crippen LogP contribution is 2.23. The van der Waals surface area contributed by atoms with Crippen molar-refractivity contribution in [2.75, 3.05) is 11.5 Å². The summed E-state index contributed by atoms with van der Waals surface area (Å²) in [4.78, 5) is 10.5. The SMILES string of the molecule is CC(=O)Oc1ccc(N)cc1N. The number of rotatable bonds is 1. The van der Waals surface area contributed by atoms with Crippen LogP contribution in [0.5, 0.6) is 5.75 Å². The molecule has 0 atom stereocenters. The Kier molecular flexibility index (Phi) is 2.19. The van der Waals surface area contributed by atoms with Crippen molar-refractivity contribution in [1.82, 2.24) is 0 Å². The molecule has 0 aliphatic heterocycles. The van der Waals surface area contributed by atoms with Crippen LogP contribution in [0, 0.1) is 0 Å². The maximum Gasteiger partial charge on any atom is 0.308 e. The van der Waals surface area contributed by atoms with Crippen LogP contribution in [-0.2, 0) is 4.79 Å². The Morgan fingerprint density at radius 3 is 2.58 bits per heavy atom. The molecule has 0 saturated carbocycles. The summed E-state index contributed by atoms with van der Waals surface area (Å²) in [6.45, 7) is 1.32. The second-order valence-corrected chi connectivity index (χ2v) is 2.39. The fourth-order valence-corrected chi connectivity index (χ4v) is 0.815. The molecule has 0 aromatic heterocycles. The summed E-state index contributed by atoms with van der Waals surface area (Å²) >= 11 is 0. The Morgan fingerprint density at radius 2 is 2.08 bits per heavy atom. The molecule has 64 valence electrons. The van der Waals surface area contributed by atoms with E-state index in [4.69, 9.17) is 16.2 Å². The zero-order valence-electron chi connectivity index (χ0n) is 6.70. The van der Waals surface area contributed by atoms with Crippen LogP contribution < -0.4 is 16.2 Å². The number of nitrogen functional groups attached to an aromatic ring is 2. The van der Waals surface area contributed by atoms with Crippen LogP contribution in [0.4, 0.5) is 11.4 Å². The van der Waals surface area contributed by atoms with Gasteiger partial charge in [0.05, 0.1) is 5.69 Å². The molecule has 4 heteroatoms. The fraction of sp³-hybridized carbons (Fsp3) is 0.125. The first-order chi connectivity index (χ1) is 5.59. The summed E-state index contributed by atoms with van der Waals surface area (Å²) < 4.78 is 4.78. The van der Waals surface area contributed by atoms with E-state index in [1.54, 1.807) is 12.1 Å². The summed E-state index contributed by atoms with van der Waals surface area (Å²) in [5.74, 6) is -0.0526. The quantitative estimate of drug-likeness (QED) is 0.367. The van der Waals surface area contributed by atoms with Crippen molar-refractivity contribution in [3.05, 3.63) is 18.2 Å². The van der Waals surface area contributed by atoms with E-state index in [0.29, 0.717) is 17.1 Å². The van der Waals surface area contributed by atoms with E-state index in [0.717, 1.165) is 0 Å². The maximum absolute atomic E-state index is 10.5. The van der Waals surface area contributed by atoms with Gasteiger partial charge in [-0.05, 0) is 18.2 Å². The van der Waals surface area contributed by atoms with Gasteiger partial charge in [-0.2, -0.15) is 0 Å². The largest absolute Gasteiger partial charge is 0.425 e. The number of anilines is 2. The van der Waals surface area contributed by atoms with Gasteiger partial charge in [-0.3, -0.25) is 4.79 Å². The van der Waals surface area contributed by atoms with Gasteiger partial charge in [0.15, 0.2) is 5.75 Å². The second kappa shape index (κ2) is 3.13. The van der Waals surface area contributed by atoms with Gasteiger partial charge >= 0.3 is 5.97 Å². The molecule has 1 aromatic rings. The third-order valence-corrected chi connectivity index (χ3v) is 1.29. The normalized spacial score (nSPS) is 9.42. The van der Waals surface area contributed by atoms with Gasteiger partial charge in [-0.25, -0.2) is 0 Å². The van der Waals surface area contributed by atoms with Crippen LogP contribution in [0.25, 0.3) is 0 Å². The number of esters is 1. The molecule has 4 nitrogen and oxygen atoms in total. The van der Waals surface area contributed by atoms with Crippen molar-refractivity contribution in [2.45, 2.75) is 6.92 Å². The van der Waals surface area contributed by atoms with Gasteiger partial charge in [0.2, 0.25) is 0 Å². The van der Waals surface area contributed by atoms with Crippen molar-refractivity contribution in [2.24, 2.45) is 0 Å². The molecule has 0 heterocycles. The lowest BCUT2D eigenvalue weighted by Crippen LogP contribution is -2.04. The molecular weight excluding hydrogens is 156 g/mol. The number of benzene rings is 1. The lowest BCUT2D eigenvalue weighted by molar-refractivity contribution is -0.131. The molecule has 0 saturated heterocycles. The monoisotopic (exact) mass is 166 g/mol. The minimum Gasteiger partial charge on any atom is -0.425 e. The van der Waals surface area contributed by atoms with E-state index in [2.05, 4.69) is 0 Å². The molecule has 0 fully saturated rings. The van der Waals surface area contributed by atoms with Crippen LogP contribution in [0.15, 0.2) is 18.2 Å². The molecule has 0 spiro atoms. The van der Waals surface area contributed by atoms with Gasteiger partial charge < -0.3 is 16.2 Å². The summed E-state index contributed by atoms with van der Waals surface area (Å²) in [5, 5.41) is 0. The standard InChI is InChI=1S/C8H10N2O2/c1-5(11)12-8-3-2-6(9)4-7(8)10/h2-4H,9-10H2,1H3. The number of hydrogen-bond donors (Lipinski definition) is 2. The van der Waals surface area contributed by atoms with E-state index in [9.17, 15) is 4.79 Å². The molecular formula is C8H10N2O2. The average Bonchev–Trinajstić information content (AvgIpc) is 1.94. The zero-order chi connectivity index (χ0) is 9.14.